The van der Waals surface area contributed by atoms with E-state index < -0.39 is 18.4 Å². The Morgan fingerprint density at radius 1 is 1.00 bits per heavy atom. The van der Waals surface area contributed by atoms with Gasteiger partial charge in [0.05, 0.1) is 6.61 Å². The molecule has 1 aliphatic heterocycles. The van der Waals surface area contributed by atoms with Crippen LogP contribution in [0, 0.1) is 6.92 Å². The lowest BCUT2D eigenvalue weighted by molar-refractivity contribution is -0.206. The van der Waals surface area contributed by atoms with Crippen LogP contribution in [0.5, 0.6) is 5.75 Å². The number of hydrogen-bond acceptors (Lipinski definition) is 6. The molecule has 164 valence electrons. The summed E-state index contributed by atoms with van der Waals surface area (Å²) in [6.45, 7) is 2.28. The smallest absolute Gasteiger partial charge is 0.328 e. The van der Waals surface area contributed by atoms with Crippen molar-refractivity contribution in [1.29, 1.82) is 0 Å². The fraction of sp³-hybridized carbons (Fsp3) is 0.269. The number of hydrogen-bond donors (Lipinski definition) is 1. The van der Waals surface area contributed by atoms with Gasteiger partial charge in [-0.3, -0.25) is 4.79 Å². The summed E-state index contributed by atoms with van der Waals surface area (Å²) in [5.74, 6) is 0.245. The molecule has 1 heterocycles. The number of benzene rings is 3. The van der Waals surface area contributed by atoms with Gasteiger partial charge >= 0.3 is 5.97 Å². The van der Waals surface area contributed by atoms with E-state index in [1.54, 1.807) is 0 Å². The first-order valence-corrected chi connectivity index (χ1v) is 10.7. The van der Waals surface area contributed by atoms with E-state index in [4.69, 9.17) is 14.2 Å². The fourth-order valence-corrected chi connectivity index (χ4v) is 4.44. The number of nitrogens with zero attached hydrogens (tertiary/aromatic N) is 1. The number of esters is 1. The number of ether oxygens (including phenoxy) is 3. The summed E-state index contributed by atoms with van der Waals surface area (Å²) >= 11 is 0. The van der Waals surface area contributed by atoms with Crippen LogP contribution in [0.15, 0.2) is 72.8 Å². The maximum absolute atomic E-state index is 12.3. The summed E-state index contributed by atoms with van der Waals surface area (Å²) < 4.78 is 16.8. The van der Waals surface area contributed by atoms with Crippen molar-refractivity contribution in [2.75, 3.05) is 19.9 Å². The summed E-state index contributed by atoms with van der Waals surface area (Å²) in [4.78, 5) is 13.7. The molecule has 1 N–H and O–H groups in total. The van der Waals surface area contributed by atoms with Crippen molar-refractivity contribution in [3.8, 4) is 16.9 Å². The van der Waals surface area contributed by atoms with Crippen LogP contribution in [0.4, 0.5) is 0 Å². The van der Waals surface area contributed by atoms with Gasteiger partial charge in [0.25, 0.3) is 0 Å². The van der Waals surface area contributed by atoms with E-state index in [1.807, 2.05) is 55.5 Å². The normalized spacial score (nSPS) is 18.8. The molecule has 2 aliphatic rings. The molecule has 0 bridgehead atoms. The Hall–Kier alpha value is -3.19. The quantitative estimate of drug-likeness (QED) is 0.455. The molecule has 0 radical (unpaired) electrons. The summed E-state index contributed by atoms with van der Waals surface area (Å²) in [5.41, 5.74) is 5.79. The molecule has 32 heavy (non-hydrogen) atoms. The summed E-state index contributed by atoms with van der Waals surface area (Å²) in [7, 11) is 0. The van der Waals surface area contributed by atoms with Gasteiger partial charge in [-0.2, -0.15) is 0 Å². The fourth-order valence-electron chi connectivity index (χ4n) is 4.44. The van der Waals surface area contributed by atoms with Gasteiger partial charge in [0.1, 0.15) is 25.1 Å². The first-order valence-electron chi connectivity index (χ1n) is 10.7. The third-order valence-corrected chi connectivity index (χ3v) is 6.08. The van der Waals surface area contributed by atoms with E-state index >= 15 is 0 Å². The first kappa shape index (κ1) is 20.7. The van der Waals surface area contributed by atoms with Gasteiger partial charge in [-0.15, -0.1) is 0 Å². The van der Waals surface area contributed by atoms with E-state index in [2.05, 4.69) is 24.3 Å². The predicted octanol–water partition coefficient (Wildman–Crippen LogP) is 3.66. The monoisotopic (exact) mass is 431 g/mol. The molecule has 0 amide bonds. The molecular formula is C26H25NO5. The van der Waals surface area contributed by atoms with Gasteiger partial charge in [-0.05, 0) is 46.9 Å². The Kier molecular flexibility index (Phi) is 5.66. The second-order valence-corrected chi connectivity index (χ2v) is 8.14. The molecule has 1 saturated heterocycles. The van der Waals surface area contributed by atoms with Crippen molar-refractivity contribution in [1.82, 2.24) is 4.90 Å². The molecule has 0 saturated carbocycles. The van der Waals surface area contributed by atoms with Gasteiger partial charge in [0, 0.05) is 5.92 Å². The van der Waals surface area contributed by atoms with Crippen molar-refractivity contribution in [3.05, 3.63) is 89.5 Å². The number of fused-ring (bicyclic) bond motifs is 3. The van der Waals surface area contributed by atoms with Crippen LogP contribution in [-0.2, 0) is 14.3 Å². The third kappa shape index (κ3) is 3.88. The maximum Gasteiger partial charge on any atom is 0.328 e. The molecule has 6 nitrogen and oxygen atoms in total. The number of aliphatic hydroxyl groups is 1. The van der Waals surface area contributed by atoms with Crippen molar-refractivity contribution >= 4 is 5.97 Å². The Balaban J connectivity index is 1.26. The zero-order valence-corrected chi connectivity index (χ0v) is 17.8. The van der Waals surface area contributed by atoms with Gasteiger partial charge in [0.2, 0.25) is 6.41 Å². The van der Waals surface area contributed by atoms with E-state index in [-0.39, 0.29) is 25.9 Å². The second kappa shape index (κ2) is 8.74. The van der Waals surface area contributed by atoms with Gasteiger partial charge in [-0.1, -0.05) is 60.7 Å². The number of aryl methyl sites for hydroxylation is 1. The highest BCUT2D eigenvalue weighted by molar-refractivity contribution is 5.79. The number of cyclic esters (lactones) is 1. The summed E-state index contributed by atoms with van der Waals surface area (Å²) in [6, 6.07) is 23.3. The average molecular weight is 431 g/mol. The lowest BCUT2D eigenvalue weighted by Gasteiger charge is -2.26. The average Bonchev–Trinajstić information content (AvgIpc) is 3.34. The van der Waals surface area contributed by atoms with E-state index in [9.17, 15) is 9.90 Å². The molecular weight excluding hydrogens is 406 g/mol. The maximum atomic E-state index is 12.3. The van der Waals surface area contributed by atoms with Crippen LogP contribution in [0.1, 0.15) is 22.6 Å². The Morgan fingerprint density at radius 3 is 2.38 bits per heavy atom. The zero-order chi connectivity index (χ0) is 22.1. The topological polar surface area (TPSA) is 68.2 Å². The first-order chi connectivity index (χ1) is 15.6. The predicted molar refractivity (Wildman–Crippen MR) is 119 cm³/mol. The Morgan fingerprint density at radius 2 is 1.69 bits per heavy atom. The molecule has 6 heteroatoms. The standard InChI is InChI=1S/C26H25NO5/c1-17-7-6-8-18(13-17)30-15-24-25(28)32-16-27(24)26(29)31-14-23-21-11-4-2-9-19(21)20-10-3-5-12-22(20)23/h2-13,23-24,26,29H,14-16H2,1H3/t24-,26?/m0/s1. The van der Waals surface area contributed by atoms with Gasteiger partial charge in [0.15, 0.2) is 0 Å². The van der Waals surface area contributed by atoms with Crippen LogP contribution < -0.4 is 4.74 Å². The molecule has 1 unspecified atom stereocenters. The molecule has 0 aromatic heterocycles. The third-order valence-electron chi connectivity index (χ3n) is 6.08. The highest BCUT2D eigenvalue weighted by atomic mass is 16.6. The van der Waals surface area contributed by atoms with E-state index in [0.29, 0.717) is 5.75 Å². The van der Waals surface area contributed by atoms with Crippen LogP contribution in [0.2, 0.25) is 0 Å². The zero-order valence-electron chi connectivity index (χ0n) is 17.8. The lowest BCUT2D eigenvalue weighted by atomic mass is 9.98. The highest BCUT2D eigenvalue weighted by Crippen LogP contribution is 2.44. The van der Waals surface area contributed by atoms with Crippen molar-refractivity contribution in [2.24, 2.45) is 0 Å². The van der Waals surface area contributed by atoms with Crippen molar-refractivity contribution in [3.63, 3.8) is 0 Å². The number of carbonyl (C=O) groups is 1. The molecule has 3 aromatic carbocycles. The Bertz CT molecular complexity index is 1080. The van der Waals surface area contributed by atoms with Crippen LogP contribution in [0.3, 0.4) is 0 Å². The highest BCUT2D eigenvalue weighted by Gasteiger charge is 2.40. The minimum atomic E-state index is -1.28. The second-order valence-electron chi connectivity index (χ2n) is 8.14. The Labute approximate surface area is 187 Å². The van der Waals surface area contributed by atoms with E-state index in [0.717, 1.165) is 5.56 Å². The SMILES string of the molecule is Cc1cccc(OC[C@H]2C(=O)OCN2C(O)OCC2c3ccccc3-c3ccccc32)c1. The number of carbonyl (C=O) groups excluding carboxylic acids is 1. The minimum Gasteiger partial charge on any atom is -0.491 e. The molecule has 1 aliphatic carbocycles. The van der Waals surface area contributed by atoms with Gasteiger partial charge < -0.3 is 19.3 Å². The summed E-state index contributed by atoms with van der Waals surface area (Å²) in [5, 5.41) is 10.8. The summed E-state index contributed by atoms with van der Waals surface area (Å²) in [6.07, 6.45) is -1.28. The lowest BCUT2D eigenvalue weighted by Crippen LogP contribution is -2.46. The van der Waals surface area contributed by atoms with Crippen LogP contribution in [0.25, 0.3) is 11.1 Å². The van der Waals surface area contributed by atoms with Crippen molar-refractivity contribution < 1.29 is 24.1 Å². The molecule has 3 aromatic rings. The number of rotatable bonds is 7. The number of aliphatic hydroxyl groups excluding tert-OH is 1. The largest absolute Gasteiger partial charge is 0.491 e. The van der Waals surface area contributed by atoms with E-state index in [1.165, 1.54) is 27.2 Å². The van der Waals surface area contributed by atoms with Crippen LogP contribution >= 0.6 is 0 Å². The molecule has 0 spiro atoms. The van der Waals surface area contributed by atoms with Gasteiger partial charge in [-0.25, -0.2) is 4.90 Å². The van der Waals surface area contributed by atoms with Crippen molar-refractivity contribution in [2.45, 2.75) is 25.3 Å². The molecule has 5 rings (SSSR count). The molecule has 1 fully saturated rings. The molecule has 2 atom stereocenters. The minimum absolute atomic E-state index is 0.0123. The van der Waals surface area contributed by atoms with Crippen LogP contribution in [-0.4, -0.2) is 48.4 Å².